The molecule has 1 aliphatic heterocycles. The molecular formula is C13H16BrN3O2. The molecule has 0 atom stereocenters. The van der Waals surface area contributed by atoms with Gasteiger partial charge in [0.25, 0.3) is 0 Å². The second-order valence-corrected chi connectivity index (χ2v) is 5.38. The maximum absolute atomic E-state index is 12.2. The Kier molecular flexibility index (Phi) is 4.09. The summed E-state index contributed by atoms with van der Waals surface area (Å²) in [5, 5.41) is 2.56. The van der Waals surface area contributed by atoms with E-state index in [9.17, 15) is 9.59 Å². The van der Waals surface area contributed by atoms with Gasteiger partial charge in [0.1, 0.15) is 0 Å². The van der Waals surface area contributed by atoms with E-state index in [0.717, 1.165) is 15.7 Å². The third kappa shape index (κ3) is 2.89. The Morgan fingerprint density at radius 1 is 1.47 bits per heavy atom. The van der Waals surface area contributed by atoms with Crippen LogP contribution in [0.15, 0.2) is 22.7 Å². The van der Waals surface area contributed by atoms with Crippen molar-refractivity contribution in [2.24, 2.45) is 0 Å². The Balaban J connectivity index is 2.17. The van der Waals surface area contributed by atoms with Gasteiger partial charge in [0.2, 0.25) is 5.91 Å². The minimum Gasteiger partial charge on any atom is -0.359 e. The molecule has 19 heavy (non-hydrogen) atoms. The molecule has 0 fully saturated rings. The molecular weight excluding hydrogens is 310 g/mol. The standard InChI is InChI=1S/C13H16BrN3O2/c1-15-12(18)5-6-17-8-9-7-10(14)3-4-11(9)16(2)13(17)19/h3-4,7H,5-6,8H2,1-2H3,(H,15,18). The third-order valence-corrected chi connectivity index (χ3v) is 3.70. The second kappa shape index (κ2) is 5.61. The van der Waals surface area contributed by atoms with Gasteiger partial charge >= 0.3 is 6.03 Å². The first-order chi connectivity index (χ1) is 9.02. The molecule has 0 spiro atoms. The minimum absolute atomic E-state index is 0.0597. The fourth-order valence-electron chi connectivity index (χ4n) is 2.13. The SMILES string of the molecule is CNC(=O)CCN1Cc2cc(Br)ccc2N(C)C1=O. The number of rotatable bonds is 3. The molecule has 1 heterocycles. The molecule has 0 saturated heterocycles. The van der Waals surface area contributed by atoms with Crippen molar-refractivity contribution in [2.45, 2.75) is 13.0 Å². The van der Waals surface area contributed by atoms with Crippen LogP contribution < -0.4 is 10.2 Å². The summed E-state index contributed by atoms with van der Waals surface area (Å²) in [6.07, 6.45) is 0.319. The third-order valence-electron chi connectivity index (χ3n) is 3.21. The van der Waals surface area contributed by atoms with Crippen LogP contribution in [0.2, 0.25) is 0 Å². The Labute approximate surface area is 120 Å². The number of nitrogens with one attached hydrogen (secondary N) is 1. The van der Waals surface area contributed by atoms with Gasteiger partial charge in [0.05, 0.1) is 5.69 Å². The molecule has 102 valence electrons. The summed E-state index contributed by atoms with van der Waals surface area (Å²) in [4.78, 5) is 26.8. The van der Waals surface area contributed by atoms with Gasteiger partial charge in [-0.05, 0) is 23.8 Å². The molecule has 1 aliphatic rings. The van der Waals surface area contributed by atoms with Crippen LogP contribution in [-0.2, 0) is 11.3 Å². The van der Waals surface area contributed by atoms with E-state index in [2.05, 4.69) is 21.2 Å². The molecule has 0 bridgehead atoms. The highest BCUT2D eigenvalue weighted by atomic mass is 79.9. The molecule has 0 aliphatic carbocycles. The lowest BCUT2D eigenvalue weighted by Gasteiger charge is -2.35. The molecule has 3 amide bonds. The van der Waals surface area contributed by atoms with Crippen LogP contribution in [0.1, 0.15) is 12.0 Å². The zero-order chi connectivity index (χ0) is 14.0. The van der Waals surface area contributed by atoms with Crippen LogP contribution in [0.3, 0.4) is 0 Å². The molecule has 5 nitrogen and oxygen atoms in total. The summed E-state index contributed by atoms with van der Waals surface area (Å²) >= 11 is 3.43. The molecule has 6 heteroatoms. The van der Waals surface area contributed by atoms with E-state index in [1.807, 2.05) is 18.2 Å². The van der Waals surface area contributed by atoms with Gasteiger partial charge in [-0.25, -0.2) is 4.79 Å². The lowest BCUT2D eigenvalue weighted by molar-refractivity contribution is -0.120. The van der Waals surface area contributed by atoms with Crippen molar-refractivity contribution in [2.75, 3.05) is 25.5 Å². The van der Waals surface area contributed by atoms with Crippen molar-refractivity contribution in [1.29, 1.82) is 0 Å². The molecule has 0 aromatic heterocycles. The van der Waals surface area contributed by atoms with Crippen LogP contribution >= 0.6 is 15.9 Å². The molecule has 1 aromatic carbocycles. The number of carbonyl (C=O) groups excluding carboxylic acids is 2. The topological polar surface area (TPSA) is 52.7 Å². The predicted molar refractivity (Wildman–Crippen MR) is 77.0 cm³/mol. The largest absolute Gasteiger partial charge is 0.359 e. The fourth-order valence-corrected chi connectivity index (χ4v) is 2.54. The van der Waals surface area contributed by atoms with Gasteiger partial charge in [-0.1, -0.05) is 15.9 Å². The van der Waals surface area contributed by atoms with Crippen molar-refractivity contribution in [3.8, 4) is 0 Å². The van der Waals surface area contributed by atoms with Gasteiger partial charge in [0.15, 0.2) is 0 Å². The first-order valence-corrected chi connectivity index (χ1v) is 6.84. The number of hydrogen-bond donors (Lipinski definition) is 1. The van der Waals surface area contributed by atoms with E-state index in [1.54, 1.807) is 23.9 Å². The lowest BCUT2D eigenvalue weighted by Crippen LogP contribution is -2.46. The Morgan fingerprint density at radius 3 is 2.89 bits per heavy atom. The summed E-state index contributed by atoms with van der Waals surface area (Å²) in [6.45, 7) is 0.962. The average molecular weight is 326 g/mol. The number of carbonyl (C=O) groups is 2. The van der Waals surface area contributed by atoms with Gasteiger partial charge in [-0.15, -0.1) is 0 Å². The lowest BCUT2D eigenvalue weighted by atomic mass is 10.1. The monoisotopic (exact) mass is 325 g/mol. The summed E-state index contributed by atoms with van der Waals surface area (Å²) in [6, 6.07) is 5.78. The molecule has 1 aromatic rings. The number of amides is 3. The van der Waals surface area contributed by atoms with Gasteiger partial charge in [-0.3, -0.25) is 9.69 Å². The number of nitrogens with zero attached hydrogens (tertiary/aromatic N) is 2. The molecule has 2 rings (SSSR count). The summed E-state index contributed by atoms with van der Waals surface area (Å²) < 4.78 is 0.986. The van der Waals surface area contributed by atoms with E-state index in [-0.39, 0.29) is 11.9 Å². The zero-order valence-electron chi connectivity index (χ0n) is 10.9. The summed E-state index contributed by atoms with van der Waals surface area (Å²) in [5.41, 5.74) is 2.00. The van der Waals surface area contributed by atoms with Crippen LogP contribution in [-0.4, -0.2) is 37.5 Å². The van der Waals surface area contributed by atoms with Crippen LogP contribution in [0, 0.1) is 0 Å². The van der Waals surface area contributed by atoms with E-state index >= 15 is 0 Å². The Morgan fingerprint density at radius 2 is 2.21 bits per heavy atom. The minimum atomic E-state index is -0.0706. The van der Waals surface area contributed by atoms with E-state index in [4.69, 9.17) is 0 Å². The fraction of sp³-hybridized carbons (Fsp3) is 0.385. The summed E-state index contributed by atoms with van der Waals surface area (Å²) in [5.74, 6) is -0.0597. The molecule has 1 N–H and O–H groups in total. The van der Waals surface area contributed by atoms with Crippen LogP contribution in [0.4, 0.5) is 10.5 Å². The van der Waals surface area contributed by atoms with Crippen molar-refractivity contribution < 1.29 is 9.59 Å². The summed E-state index contributed by atoms with van der Waals surface area (Å²) in [7, 11) is 3.35. The number of benzene rings is 1. The quantitative estimate of drug-likeness (QED) is 0.923. The van der Waals surface area contributed by atoms with Gasteiger partial charge in [-0.2, -0.15) is 0 Å². The second-order valence-electron chi connectivity index (χ2n) is 4.46. The highest BCUT2D eigenvalue weighted by Gasteiger charge is 2.27. The zero-order valence-corrected chi connectivity index (χ0v) is 12.5. The average Bonchev–Trinajstić information content (AvgIpc) is 2.40. The van der Waals surface area contributed by atoms with Crippen molar-refractivity contribution in [3.05, 3.63) is 28.2 Å². The van der Waals surface area contributed by atoms with Crippen LogP contribution in [0.25, 0.3) is 0 Å². The Bertz CT molecular complexity index is 519. The number of fused-ring (bicyclic) bond motifs is 1. The normalized spacial score (nSPS) is 14.4. The predicted octanol–water partition coefficient (Wildman–Crippen LogP) is 1.96. The van der Waals surface area contributed by atoms with Crippen molar-refractivity contribution in [1.82, 2.24) is 10.2 Å². The van der Waals surface area contributed by atoms with Crippen molar-refractivity contribution >= 4 is 33.6 Å². The maximum Gasteiger partial charge on any atom is 0.324 e. The number of hydrogen-bond acceptors (Lipinski definition) is 2. The van der Waals surface area contributed by atoms with Gasteiger partial charge < -0.3 is 10.2 Å². The highest BCUT2D eigenvalue weighted by molar-refractivity contribution is 9.10. The highest BCUT2D eigenvalue weighted by Crippen LogP contribution is 2.29. The molecule has 0 unspecified atom stereocenters. The van der Waals surface area contributed by atoms with E-state index < -0.39 is 0 Å². The molecule has 0 radical (unpaired) electrons. The number of urea groups is 1. The molecule has 0 saturated carbocycles. The van der Waals surface area contributed by atoms with E-state index in [1.165, 1.54) is 0 Å². The smallest absolute Gasteiger partial charge is 0.324 e. The first kappa shape index (κ1) is 13.9. The van der Waals surface area contributed by atoms with Crippen LogP contribution in [0.5, 0.6) is 0 Å². The van der Waals surface area contributed by atoms with Gasteiger partial charge in [0, 0.05) is 38.1 Å². The maximum atomic E-state index is 12.2. The van der Waals surface area contributed by atoms with Crippen molar-refractivity contribution in [3.63, 3.8) is 0 Å². The number of anilines is 1. The number of halogens is 1. The first-order valence-electron chi connectivity index (χ1n) is 6.04. The Hall–Kier alpha value is -1.56. The van der Waals surface area contributed by atoms with E-state index in [0.29, 0.717) is 19.5 Å².